The molecule has 0 bridgehead atoms. The van der Waals surface area contributed by atoms with E-state index in [2.05, 4.69) is 170 Å². The highest BCUT2D eigenvalue weighted by atomic mass is 31.1. The Morgan fingerprint density at radius 3 is 1.07 bits per heavy atom. The summed E-state index contributed by atoms with van der Waals surface area (Å²) in [4.78, 5) is 0. The van der Waals surface area contributed by atoms with Crippen LogP contribution in [-0.4, -0.2) is 0 Å². The monoisotopic (exact) mass is 606 g/mol. The molecule has 0 aliphatic heterocycles. The Morgan fingerprint density at radius 2 is 0.659 bits per heavy atom. The molecule has 0 saturated carbocycles. The Morgan fingerprint density at radius 1 is 0.295 bits per heavy atom. The van der Waals surface area contributed by atoms with Gasteiger partial charge in [0.15, 0.2) is 0 Å². The first-order valence-electron chi connectivity index (χ1n) is 15.6. The molecule has 0 heterocycles. The summed E-state index contributed by atoms with van der Waals surface area (Å²) in [5.74, 6) is 0. The van der Waals surface area contributed by atoms with Crippen molar-refractivity contribution in [2.24, 2.45) is 0 Å². The average molecular weight is 607 g/mol. The van der Waals surface area contributed by atoms with E-state index in [1.807, 2.05) is 0 Å². The summed E-state index contributed by atoms with van der Waals surface area (Å²) < 4.78 is 0. The lowest BCUT2D eigenvalue weighted by Gasteiger charge is -2.25. The van der Waals surface area contributed by atoms with Crippen LogP contribution < -0.4 is 0 Å². The van der Waals surface area contributed by atoms with Gasteiger partial charge in [-0.15, -0.1) is 0 Å². The molecule has 0 saturated heterocycles. The molecule has 44 heavy (non-hydrogen) atoms. The Bertz CT molecular complexity index is 1600. The van der Waals surface area contributed by atoms with Crippen LogP contribution in [0.15, 0.2) is 170 Å². The summed E-state index contributed by atoms with van der Waals surface area (Å²) in [6.45, 7) is 0. The van der Waals surface area contributed by atoms with Gasteiger partial charge in [0.2, 0.25) is 0 Å². The maximum Gasteiger partial charge on any atom is -0.00581 e. The number of hydrogen-bond donors (Lipinski definition) is 0. The predicted octanol–water partition coefficient (Wildman–Crippen LogP) is 12.1. The highest BCUT2D eigenvalue weighted by Crippen LogP contribution is 2.52. The molecular formula is C42H40P2. The van der Waals surface area contributed by atoms with Gasteiger partial charge in [-0.2, -0.15) is 0 Å². The van der Waals surface area contributed by atoms with Gasteiger partial charge in [-0.1, -0.05) is 186 Å². The molecule has 0 aromatic heterocycles. The zero-order chi connectivity index (χ0) is 29.8. The quantitative estimate of drug-likeness (QED) is 0.115. The van der Waals surface area contributed by atoms with E-state index >= 15 is 0 Å². The lowest BCUT2D eigenvalue weighted by molar-refractivity contribution is 1.20. The van der Waals surface area contributed by atoms with Gasteiger partial charge in [-0.3, -0.25) is 0 Å². The second kappa shape index (κ2) is 15.8. The summed E-state index contributed by atoms with van der Waals surface area (Å²) in [7, 11) is -0.627. The van der Waals surface area contributed by atoms with Gasteiger partial charge in [0.05, 0.1) is 0 Å². The van der Waals surface area contributed by atoms with Gasteiger partial charge >= 0.3 is 0 Å². The smallest absolute Gasteiger partial charge is 0.00581 e. The minimum atomic E-state index is -0.326. The van der Waals surface area contributed by atoms with Crippen LogP contribution in [0.2, 0.25) is 0 Å². The first kappa shape index (κ1) is 30.2. The number of benzene rings is 6. The van der Waals surface area contributed by atoms with Gasteiger partial charge in [0.25, 0.3) is 0 Å². The molecule has 0 unspecified atom stereocenters. The highest BCUT2D eigenvalue weighted by molar-refractivity contribution is 7.55. The van der Waals surface area contributed by atoms with E-state index in [-0.39, 0.29) is 15.8 Å². The zero-order valence-corrected chi connectivity index (χ0v) is 27.1. The van der Waals surface area contributed by atoms with Gasteiger partial charge < -0.3 is 0 Å². The summed E-state index contributed by atoms with van der Waals surface area (Å²) in [6, 6.07) is 62.7. The minimum Gasteiger partial charge on any atom is -0.0932 e. The van der Waals surface area contributed by atoms with Crippen molar-refractivity contribution < 1.29 is 0 Å². The SMILES string of the molecule is c1ccc(CP(Cc2ccccc2)Cc2cccc(-c3ccccc3)c2CP(Cc2ccccc2)Cc2ccccc2)cc1. The lowest BCUT2D eigenvalue weighted by atomic mass is 9.97. The van der Waals surface area contributed by atoms with Crippen molar-refractivity contribution in [3.8, 4) is 11.1 Å². The maximum atomic E-state index is 2.44. The van der Waals surface area contributed by atoms with E-state index in [4.69, 9.17) is 0 Å². The van der Waals surface area contributed by atoms with Crippen molar-refractivity contribution in [2.75, 3.05) is 0 Å². The fourth-order valence-corrected chi connectivity index (χ4v) is 11.2. The van der Waals surface area contributed by atoms with E-state index in [0.717, 1.165) is 37.0 Å². The van der Waals surface area contributed by atoms with Crippen molar-refractivity contribution in [1.82, 2.24) is 0 Å². The molecule has 6 aromatic carbocycles. The highest BCUT2D eigenvalue weighted by Gasteiger charge is 2.20. The largest absolute Gasteiger partial charge is 0.0932 e. The second-order valence-electron chi connectivity index (χ2n) is 11.5. The molecule has 0 N–H and O–H groups in total. The molecule has 0 radical (unpaired) electrons. The summed E-state index contributed by atoms with van der Waals surface area (Å²) in [6.07, 6.45) is 6.81. The van der Waals surface area contributed by atoms with Crippen molar-refractivity contribution >= 4 is 15.8 Å². The fraction of sp³-hybridized carbons (Fsp3) is 0.143. The fourth-order valence-electron chi connectivity index (χ4n) is 6.02. The molecule has 0 atom stereocenters. The van der Waals surface area contributed by atoms with Gasteiger partial charge in [0.1, 0.15) is 0 Å². The topological polar surface area (TPSA) is 0 Å². The Labute approximate surface area is 266 Å². The molecule has 0 aliphatic rings. The zero-order valence-electron chi connectivity index (χ0n) is 25.3. The van der Waals surface area contributed by atoms with E-state index in [1.54, 1.807) is 5.56 Å². The van der Waals surface area contributed by atoms with E-state index < -0.39 is 0 Å². The Balaban J connectivity index is 1.38. The molecule has 0 nitrogen and oxygen atoms in total. The third-order valence-corrected chi connectivity index (χ3v) is 12.9. The Kier molecular flexibility index (Phi) is 10.8. The first-order valence-corrected chi connectivity index (χ1v) is 19.4. The van der Waals surface area contributed by atoms with Crippen LogP contribution in [0.4, 0.5) is 0 Å². The number of hydrogen-bond acceptors (Lipinski definition) is 0. The molecule has 6 aromatic rings. The second-order valence-corrected chi connectivity index (χ2v) is 16.1. The molecular weight excluding hydrogens is 566 g/mol. The van der Waals surface area contributed by atoms with Crippen LogP contribution in [-0.2, 0) is 37.0 Å². The van der Waals surface area contributed by atoms with E-state index in [0.29, 0.717) is 0 Å². The third kappa shape index (κ3) is 8.64. The predicted molar refractivity (Wildman–Crippen MR) is 194 cm³/mol. The summed E-state index contributed by atoms with van der Waals surface area (Å²) in [5, 5.41) is 0. The van der Waals surface area contributed by atoms with Crippen LogP contribution in [0.1, 0.15) is 33.4 Å². The van der Waals surface area contributed by atoms with Crippen molar-refractivity contribution in [1.29, 1.82) is 0 Å². The first-order chi connectivity index (χ1) is 21.8. The summed E-state index contributed by atoms with van der Waals surface area (Å²) in [5.41, 5.74) is 11.6. The molecule has 218 valence electrons. The van der Waals surface area contributed by atoms with Gasteiger partial charge in [0, 0.05) is 0 Å². The standard InChI is InChI=1S/C42H40P2/c1-6-17-35(18-7-1)29-43(30-36-19-8-2-9-20-36)33-40-27-16-28-41(39-25-14-5-15-26-39)42(40)34-44(31-37-21-10-3-11-22-37)32-38-23-12-4-13-24-38/h1-28H,29-34H2. The molecule has 0 spiro atoms. The van der Waals surface area contributed by atoms with Crippen LogP contribution in [0.5, 0.6) is 0 Å². The minimum absolute atomic E-state index is 0.301. The van der Waals surface area contributed by atoms with E-state index in [1.165, 1.54) is 38.9 Å². The van der Waals surface area contributed by atoms with E-state index in [9.17, 15) is 0 Å². The average Bonchev–Trinajstić information content (AvgIpc) is 3.08. The van der Waals surface area contributed by atoms with Gasteiger partial charge in [-0.25, -0.2) is 0 Å². The summed E-state index contributed by atoms with van der Waals surface area (Å²) >= 11 is 0. The third-order valence-electron chi connectivity index (χ3n) is 8.13. The normalized spacial score (nSPS) is 11.2. The van der Waals surface area contributed by atoms with Gasteiger partial charge in [-0.05, 0) is 81.5 Å². The van der Waals surface area contributed by atoms with Crippen molar-refractivity contribution in [3.63, 3.8) is 0 Å². The molecule has 0 aliphatic carbocycles. The molecule has 0 amide bonds. The maximum absolute atomic E-state index is 2.44. The van der Waals surface area contributed by atoms with Crippen LogP contribution in [0, 0.1) is 0 Å². The van der Waals surface area contributed by atoms with Crippen LogP contribution in [0.25, 0.3) is 11.1 Å². The van der Waals surface area contributed by atoms with Crippen LogP contribution >= 0.6 is 15.8 Å². The lowest BCUT2D eigenvalue weighted by Crippen LogP contribution is -2.02. The molecule has 6 rings (SSSR count). The molecule has 2 heteroatoms. The molecule has 0 fully saturated rings. The number of rotatable bonds is 13. The van der Waals surface area contributed by atoms with Crippen molar-refractivity contribution in [2.45, 2.75) is 37.0 Å². The Hall–Kier alpha value is -3.82. The van der Waals surface area contributed by atoms with Crippen LogP contribution in [0.3, 0.4) is 0 Å². The van der Waals surface area contributed by atoms with Crippen molar-refractivity contribution in [3.05, 3.63) is 203 Å².